The van der Waals surface area contributed by atoms with Crippen LogP contribution in [-0.2, 0) is 27.7 Å². The number of alkyl halides is 3. The second-order valence-corrected chi connectivity index (χ2v) is 11.7. The number of hydrogen-bond donors (Lipinski definition) is 1. The number of hydrogen-bond acceptors (Lipinski definition) is 9. The quantitative estimate of drug-likeness (QED) is 0.201. The smallest absolute Gasteiger partial charge is 0.411 e. The van der Waals surface area contributed by atoms with E-state index in [4.69, 9.17) is 9.47 Å². The summed E-state index contributed by atoms with van der Waals surface area (Å²) in [5, 5.41) is 3.21. The highest BCUT2D eigenvalue weighted by atomic mass is 19.4. The highest BCUT2D eigenvalue weighted by molar-refractivity contribution is 5.99. The van der Waals surface area contributed by atoms with Crippen LogP contribution in [0.5, 0.6) is 0 Å². The minimum atomic E-state index is -4.63. The van der Waals surface area contributed by atoms with Crippen molar-refractivity contribution in [2.24, 2.45) is 7.05 Å². The third-order valence-corrected chi connectivity index (χ3v) is 8.70. The molecule has 0 radical (unpaired) electrons. The molecule has 260 valence electrons. The van der Waals surface area contributed by atoms with E-state index < -0.39 is 59.4 Å². The molecule has 4 heterocycles. The first-order valence-electron chi connectivity index (χ1n) is 15.3. The number of ether oxygens (including phenoxy) is 2. The van der Waals surface area contributed by atoms with Crippen LogP contribution in [0.15, 0.2) is 70.6 Å². The van der Waals surface area contributed by atoms with Crippen LogP contribution in [-0.4, -0.2) is 76.1 Å². The molecule has 0 aliphatic carbocycles. The van der Waals surface area contributed by atoms with Crippen molar-refractivity contribution in [2.45, 2.75) is 31.6 Å². The number of anilines is 1. The Morgan fingerprint density at radius 2 is 1.90 bits per heavy atom. The average molecular weight is 695 g/mol. The maximum Gasteiger partial charge on any atom is 0.411 e. The number of methoxy groups -OCH3 is 1. The SMILES string of the molecule is COC(=O)C(Cc1ccc(-n2c(=O)c3ccncc3n(C)c2=O)c2ncccc12)NC(=O)c1c(C)cc(N2CCOCC2C(F)(F)F)cc1F. The molecule has 2 aromatic carbocycles. The number of aromatic nitrogens is 4. The molecule has 3 aromatic heterocycles. The van der Waals surface area contributed by atoms with Crippen molar-refractivity contribution < 1.29 is 36.6 Å². The molecule has 6 rings (SSSR count). The molecule has 12 nitrogen and oxygen atoms in total. The van der Waals surface area contributed by atoms with Crippen molar-refractivity contribution in [3.05, 3.63) is 104 Å². The number of carbonyl (C=O) groups is 2. The molecule has 1 amide bonds. The lowest BCUT2D eigenvalue weighted by Crippen LogP contribution is -2.53. The molecule has 5 aromatic rings. The fourth-order valence-corrected chi connectivity index (χ4v) is 6.23. The average Bonchev–Trinajstić information content (AvgIpc) is 3.10. The lowest BCUT2D eigenvalue weighted by molar-refractivity contribution is -0.167. The Balaban J connectivity index is 1.34. The second kappa shape index (κ2) is 13.3. The van der Waals surface area contributed by atoms with Gasteiger partial charge >= 0.3 is 17.8 Å². The van der Waals surface area contributed by atoms with Gasteiger partial charge in [0, 0.05) is 43.5 Å². The van der Waals surface area contributed by atoms with Gasteiger partial charge in [-0.3, -0.25) is 24.1 Å². The molecule has 1 saturated heterocycles. The molecule has 0 saturated carbocycles. The monoisotopic (exact) mass is 694 g/mol. The highest BCUT2D eigenvalue weighted by Gasteiger charge is 2.45. The number of aryl methyl sites for hydroxylation is 2. The molecule has 2 unspecified atom stereocenters. The number of pyridine rings is 2. The van der Waals surface area contributed by atoms with E-state index in [0.717, 1.165) is 22.6 Å². The van der Waals surface area contributed by atoms with Gasteiger partial charge < -0.3 is 19.7 Å². The molecular formula is C34H30F4N6O6. The van der Waals surface area contributed by atoms with E-state index in [9.17, 15) is 32.3 Å². The van der Waals surface area contributed by atoms with Gasteiger partial charge in [-0.15, -0.1) is 0 Å². The van der Waals surface area contributed by atoms with E-state index in [1.165, 1.54) is 55.3 Å². The van der Waals surface area contributed by atoms with Crippen LogP contribution >= 0.6 is 0 Å². The lowest BCUT2D eigenvalue weighted by Gasteiger charge is -2.38. The van der Waals surface area contributed by atoms with Crippen LogP contribution in [0.3, 0.4) is 0 Å². The van der Waals surface area contributed by atoms with Gasteiger partial charge in [0.1, 0.15) is 17.9 Å². The largest absolute Gasteiger partial charge is 0.467 e. The van der Waals surface area contributed by atoms with Crippen LogP contribution in [0.4, 0.5) is 23.2 Å². The van der Waals surface area contributed by atoms with Crippen molar-refractivity contribution in [1.29, 1.82) is 0 Å². The first-order chi connectivity index (χ1) is 23.8. The lowest BCUT2D eigenvalue weighted by atomic mass is 9.99. The first kappa shape index (κ1) is 34.2. The van der Waals surface area contributed by atoms with Crippen molar-refractivity contribution in [3.8, 4) is 5.69 Å². The van der Waals surface area contributed by atoms with Gasteiger partial charge in [0.05, 0.1) is 54.2 Å². The number of carbonyl (C=O) groups excluding carboxylic acids is 2. The fourth-order valence-electron chi connectivity index (χ4n) is 6.23. The van der Waals surface area contributed by atoms with Gasteiger partial charge in [0.25, 0.3) is 11.5 Å². The predicted molar refractivity (Wildman–Crippen MR) is 174 cm³/mol. The van der Waals surface area contributed by atoms with E-state index in [1.807, 2.05) is 0 Å². The maximum atomic E-state index is 15.5. The summed E-state index contributed by atoms with van der Waals surface area (Å²) in [5.74, 6) is -2.93. The molecule has 1 aliphatic rings. The topological polar surface area (TPSA) is 138 Å². The Kier molecular flexibility index (Phi) is 9.14. The minimum absolute atomic E-state index is 0.00877. The Bertz CT molecular complexity index is 2250. The van der Waals surface area contributed by atoms with Crippen LogP contribution in [0, 0.1) is 12.7 Å². The Morgan fingerprint density at radius 1 is 1.12 bits per heavy atom. The number of fused-ring (bicyclic) bond motifs is 2. The molecule has 50 heavy (non-hydrogen) atoms. The zero-order valence-corrected chi connectivity index (χ0v) is 27.0. The van der Waals surface area contributed by atoms with Gasteiger partial charge in [0.15, 0.2) is 0 Å². The summed E-state index contributed by atoms with van der Waals surface area (Å²) in [6.45, 7) is 0.633. The van der Waals surface area contributed by atoms with Crippen molar-refractivity contribution >= 4 is 39.4 Å². The first-order valence-corrected chi connectivity index (χ1v) is 15.3. The predicted octanol–water partition coefficient (Wildman–Crippen LogP) is 3.36. The second-order valence-electron chi connectivity index (χ2n) is 11.7. The third-order valence-electron chi connectivity index (χ3n) is 8.70. The van der Waals surface area contributed by atoms with Crippen molar-refractivity contribution in [2.75, 3.05) is 31.8 Å². The summed E-state index contributed by atoms with van der Waals surface area (Å²) in [5.41, 5.74) is -0.450. The van der Waals surface area contributed by atoms with E-state index in [-0.39, 0.29) is 47.4 Å². The fraction of sp³-hybridized carbons (Fsp3) is 0.294. The molecule has 1 aliphatic heterocycles. The number of halogens is 4. The van der Waals surface area contributed by atoms with Crippen molar-refractivity contribution in [1.82, 2.24) is 24.4 Å². The third kappa shape index (κ3) is 6.17. The van der Waals surface area contributed by atoms with E-state index in [1.54, 1.807) is 18.2 Å². The van der Waals surface area contributed by atoms with Gasteiger partial charge in [-0.1, -0.05) is 12.1 Å². The van der Waals surface area contributed by atoms with Gasteiger partial charge in [-0.25, -0.2) is 18.5 Å². The number of benzene rings is 2. The molecule has 16 heteroatoms. The molecule has 2 atom stereocenters. The number of nitrogens with one attached hydrogen (secondary N) is 1. The van der Waals surface area contributed by atoms with E-state index >= 15 is 4.39 Å². The van der Waals surface area contributed by atoms with Gasteiger partial charge in [0.2, 0.25) is 0 Å². The van der Waals surface area contributed by atoms with Crippen LogP contribution in [0.1, 0.15) is 21.5 Å². The zero-order valence-electron chi connectivity index (χ0n) is 27.0. The highest BCUT2D eigenvalue weighted by Crippen LogP contribution is 2.33. The number of amides is 1. The molecule has 0 bridgehead atoms. The minimum Gasteiger partial charge on any atom is -0.467 e. The normalized spacial score (nSPS) is 15.7. The summed E-state index contributed by atoms with van der Waals surface area (Å²) in [6, 6.07) is 6.65. The Labute approximate surface area is 280 Å². The summed E-state index contributed by atoms with van der Waals surface area (Å²) in [7, 11) is 2.62. The number of rotatable bonds is 7. The summed E-state index contributed by atoms with van der Waals surface area (Å²) < 4.78 is 68.7. The zero-order chi connectivity index (χ0) is 35.9. The number of morpholine rings is 1. The van der Waals surface area contributed by atoms with Crippen LogP contribution in [0.2, 0.25) is 0 Å². The standard InChI is InChI=1S/C34H30F4N6O6/c1-18-13-20(43-11-12-50-17-27(43)34(36,37)38)15-23(35)28(18)30(45)41-24(32(47)49-3)14-19-6-7-25(29-21(19)5-4-9-40-29)44-31(46)22-8-10-39-16-26(22)42(2)33(44)48/h4-10,13,15-16,24,27H,11-12,14,17H2,1-3H3,(H,41,45). The molecular weight excluding hydrogens is 664 g/mol. The molecule has 1 N–H and O–H groups in total. The number of esters is 1. The van der Waals surface area contributed by atoms with Crippen LogP contribution < -0.4 is 21.5 Å². The maximum absolute atomic E-state index is 15.5. The van der Waals surface area contributed by atoms with Crippen molar-refractivity contribution in [3.63, 3.8) is 0 Å². The summed E-state index contributed by atoms with van der Waals surface area (Å²) in [4.78, 5) is 62.7. The summed E-state index contributed by atoms with van der Waals surface area (Å²) in [6.07, 6.45) is -0.479. The molecule has 0 spiro atoms. The van der Waals surface area contributed by atoms with Gasteiger partial charge in [-0.2, -0.15) is 13.2 Å². The Hall–Kier alpha value is -5.64. The number of nitrogens with zero attached hydrogens (tertiary/aromatic N) is 5. The van der Waals surface area contributed by atoms with E-state index in [0.29, 0.717) is 16.5 Å². The van der Waals surface area contributed by atoms with E-state index in [2.05, 4.69) is 15.3 Å². The van der Waals surface area contributed by atoms with Gasteiger partial charge in [-0.05, 0) is 48.4 Å². The summed E-state index contributed by atoms with van der Waals surface area (Å²) >= 11 is 0. The molecule has 1 fully saturated rings. The Morgan fingerprint density at radius 3 is 2.62 bits per heavy atom. The van der Waals surface area contributed by atoms with Crippen LogP contribution in [0.25, 0.3) is 27.5 Å².